The molecule has 0 saturated heterocycles. The molecule has 0 spiro atoms. The number of aromatic nitrogens is 4. The maximum Gasteiger partial charge on any atom is 0.173 e. The predicted molar refractivity (Wildman–Crippen MR) is 128 cm³/mol. The third kappa shape index (κ3) is 5.20. The van der Waals surface area contributed by atoms with E-state index in [4.69, 9.17) is 0 Å². The van der Waals surface area contributed by atoms with Gasteiger partial charge in [-0.3, -0.25) is 4.90 Å². The minimum atomic E-state index is -0.239. The fourth-order valence-corrected chi connectivity index (χ4v) is 5.52. The predicted octanol–water partition coefficient (Wildman–Crippen LogP) is 6.17. The Labute approximate surface area is 197 Å². The molecule has 5 nitrogen and oxygen atoms in total. The van der Waals surface area contributed by atoms with E-state index in [1.165, 1.54) is 41.8 Å². The number of halogens is 1. The van der Waals surface area contributed by atoms with Gasteiger partial charge in [-0.05, 0) is 58.0 Å². The van der Waals surface area contributed by atoms with Crippen molar-refractivity contribution in [2.45, 2.75) is 57.3 Å². The first-order chi connectivity index (χ1) is 16.3. The summed E-state index contributed by atoms with van der Waals surface area (Å²) in [4.78, 5) is 3.68. The molecule has 1 aliphatic carbocycles. The lowest BCUT2D eigenvalue weighted by molar-refractivity contribution is 0.189. The van der Waals surface area contributed by atoms with Crippen molar-refractivity contribution >= 4 is 11.3 Å². The Hall–Kier alpha value is -2.90. The van der Waals surface area contributed by atoms with Crippen molar-refractivity contribution in [2.24, 2.45) is 0 Å². The minimum Gasteiger partial charge on any atom is -0.280 e. The van der Waals surface area contributed by atoms with Crippen molar-refractivity contribution in [3.63, 3.8) is 0 Å². The fraction of sp³-hybridized carbons (Fsp3) is 0.346. The van der Waals surface area contributed by atoms with E-state index in [-0.39, 0.29) is 11.9 Å². The molecule has 4 aromatic rings. The molecule has 170 valence electrons. The maximum atomic E-state index is 13.9. The average molecular weight is 462 g/mol. The van der Waals surface area contributed by atoms with Crippen LogP contribution in [0.15, 0.2) is 72.1 Å². The van der Waals surface area contributed by atoms with E-state index in [9.17, 15) is 4.39 Å². The smallest absolute Gasteiger partial charge is 0.173 e. The molecule has 0 radical (unpaired) electrons. The molecule has 1 aliphatic rings. The number of tetrazole rings is 1. The van der Waals surface area contributed by atoms with Gasteiger partial charge in [0.2, 0.25) is 0 Å². The number of thiophene rings is 1. The highest BCUT2D eigenvalue weighted by molar-refractivity contribution is 7.09. The van der Waals surface area contributed by atoms with Crippen LogP contribution in [-0.2, 0) is 13.1 Å². The molecule has 2 aromatic heterocycles. The van der Waals surface area contributed by atoms with Crippen molar-refractivity contribution in [1.82, 2.24) is 25.1 Å². The van der Waals surface area contributed by atoms with Crippen molar-refractivity contribution < 1.29 is 4.39 Å². The normalized spacial score (nSPS) is 15.7. The van der Waals surface area contributed by atoms with Gasteiger partial charge in [0.05, 0.1) is 12.1 Å². The Morgan fingerprint density at radius 1 is 0.939 bits per heavy atom. The van der Waals surface area contributed by atoms with Gasteiger partial charge in [-0.15, -0.1) is 16.4 Å². The summed E-state index contributed by atoms with van der Waals surface area (Å²) in [6.07, 6.45) is 5.87. The van der Waals surface area contributed by atoms with Crippen LogP contribution in [0, 0.1) is 5.82 Å². The molecule has 0 bridgehead atoms. The number of hydrogen-bond donors (Lipinski definition) is 0. The van der Waals surface area contributed by atoms with Crippen LogP contribution in [-0.4, -0.2) is 25.1 Å². The van der Waals surface area contributed by atoms with Gasteiger partial charge in [-0.1, -0.05) is 67.8 Å². The summed E-state index contributed by atoms with van der Waals surface area (Å²) in [6.45, 7) is 1.49. The summed E-state index contributed by atoms with van der Waals surface area (Å²) in [5.41, 5.74) is 2.22. The van der Waals surface area contributed by atoms with E-state index >= 15 is 0 Å². The standard InChI is InChI=1S/C26H28FN5S/c27-22-15-13-21(14-16-22)25(26-28-29-30-32(26)23-10-5-2-6-11-23)31(19-24-12-7-17-33-24)18-20-8-3-1-4-9-20/h1,3-4,7-9,12-17,23,25H,2,5-6,10-11,18-19H2/t25-/m1/s1. The van der Waals surface area contributed by atoms with Gasteiger partial charge in [0, 0.05) is 18.0 Å². The van der Waals surface area contributed by atoms with Crippen LogP contribution in [0.5, 0.6) is 0 Å². The molecule has 0 N–H and O–H groups in total. The second-order valence-corrected chi connectivity index (χ2v) is 9.73. The monoisotopic (exact) mass is 461 g/mol. The van der Waals surface area contributed by atoms with E-state index in [0.717, 1.165) is 37.3 Å². The molecule has 33 heavy (non-hydrogen) atoms. The number of nitrogens with zero attached hydrogens (tertiary/aromatic N) is 5. The van der Waals surface area contributed by atoms with E-state index < -0.39 is 0 Å². The molecule has 0 unspecified atom stereocenters. The molecule has 2 heterocycles. The lowest BCUT2D eigenvalue weighted by Gasteiger charge is -2.33. The highest BCUT2D eigenvalue weighted by Gasteiger charge is 2.31. The van der Waals surface area contributed by atoms with Crippen molar-refractivity contribution in [3.05, 3.63) is 99.8 Å². The highest BCUT2D eigenvalue weighted by Crippen LogP contribution is 2.35. The molecule has 5 rings (SSSR count). The molecule has 1 saturated carbocycles. The second kappa shape index (κ2) is 10.4. The number of hydrogen-bond acceptors (Lipinski definition) is 5. The molecule has 2 aromatic carbocycles. The van der Waals surface area contributed by atoms with Gasteiger partial charge in [0.25, 0.3) is 0 Å². The third-order valence-corrected chi connectivity index (χ3v) is 7.26. The van der Waals surface area contributed by atoms with Crippen LogP contribution in [0.25, 0.3) is 0 Å². The van der Waals surface area contributed by atoms with Gasteiger partial charge in [0.15, 0.2) is 5.82 Å². The topological polar surface area (TPSA) is 46.8 Å². The molecular formula is C26H28FN5S. The maximum absolute atomic E-state index is 13.9. The van der Waals surface area contributed by atoms with Crippen LogP contribution >= 0.6 is 11.3 Å². The van der Waals surface area contributed by atoms with Crippen LogP contribution in [0.4, 0.5) is 4.39 Å². The van der Waals surface area contributed by atoms with Gasteiger partial charge in [0.1, 0.15) is 5.82 Å². The van der Waals surface area contributed by atoms with Gasteiger partial charge in [-0.2, -0.15) is 0 Å². The first-order valence-corrected chi connectivity index (χ1v) is 12.5. The largest absolute Gasteiger partial charge is 0.280 e. The average Bonchev–Trinajstić information content (AvgIpc) is 3.54. The Kier molecular flexibility index (Phi) is 6.88. The zero-order chi connectivity index (χ0) is 22.5. The number of rotatable bonds is 8. The van der Waals surface area contributed by atoms with Gasteiger partial charge < -0.3 is 0 Å². The summed E-state index contributed by atoms with van der Waals surface area (Å²) in [7, 11) is 0. The Morgan fingerprint density at radius 3 is 2.45 bits per heavy atom. The van der Waals surface area contributed by atoms with Crippen LogP contribution in [0.2, 0.25) is 0 Å². The van der Waals surface area contributed by atoms with Crippen LogP contribution in [0.3, 0.4) is 0 Å². The Bertz CT molecular complexity index is 1120. The Balaban J connectivity index is 1.58. The summed E-state index contributed by atoms with van der Waals surface area (Å²) in [5.74, 6) is 0.596. The molecule has 0 aliphatic heterocycles. The van der Waals surface area contributed by atoms with E-state index in [1.807, 2.05) is 22.9 Å². The second-order valence-electron chi connectivity index (χ2n) is 8.70. The summed E-state index contributed by atoms with van der Waals surface area (Å²) in [5, 5.41) is 15.2. The summed E-state index contributed by atoms with van der Waals surface area (Å²) < 4.78 is 15.9. The first-order valence-electron chi connectivity index (χ1n) is 11.6. The van der Waals surface area contributed by atoms with Crippen molar-refractivity contribution in [2.75, 3.05) is 0 Å². The first kappa shape index (κ1) is 21.9. The lowest BCUT2D eigenvalue weighted by Crippen LogP contribution is -2.32. The van der Waals surface area contributed by atoms with Crippen LogP contribution in [0.1, 0.15) is 66.0 Å². The summed E-state index contributed by atoms with van der Waals surface area (Å²) >= 11 is 1.75. The van der Waals surface area contributed by atoms with E-state index in [2.05, 4.69) is 62.2 Å². The third-order valence-electron chi connectivity index (χ3n) is 6.40. The minimum absolute atomic E-state index is 0.190. The van der Waals surface area contributed by atoms with Gasteiger partial charge in [-0.25, -0.2) is 9.07 Å². The Morgan fingerprint density at radius 2 is 1.73 bits per heavy atom. The molecule has 1 atom stereocenters. The molecular weight excluding hydrogens is 433 g/mol. The van der Waals surface area contributed by atoms with Gasteiger partial charge >= 0.3 is 0 Å². The van der Waals surface area contributed by atoms with Crippen LogP contribution < -0.4 is 0 Å². The molecule has 1 fully saturated rings. The van der Waals surface area contributed by atoms with E-state index in [0.29, 0.717) is 6.04 Å². The van der Waals surface area contributed by atoms with Crippen molar-refractivity contribution in [1.29, 1.82) is 0 Å². The highest BCUT2D eigenvalue weighted by atomic mass is 32.1. The summed E-state index contributed by atoms with van der Waals surface area (Å²) in [6, 6.07) is 21.6. The SMILES string of the molecule is Fc1ccc([C@H](c2nnnn2C2CCCCC2)N(Cc2ccccc2)Cc2cccs2)cc1. The van der Waals surface area contributed by atoms with E-state index in [1.54, 1.807) is 11.3 Å². The fourth-order valence-electron chi connectivity index (χ4n) is 4.79. The zero-order valence-corrected chi connectivity index (χ0v) is 19.4. The lowest BCUT2D eigenvalue weighted by atomic mass is 9.95. The van der Waals surface area contributed by atoms with Crippen molar-refractivity contribution in [3.8, 4) is 0 Å². The molecule has 0 amide bonds. The molecule has 7 heteroatoms. The zero-order valence-electron chi connectivity index (χ0n) is 18.6. The quantitative estimate of drug-likeness (QED) is 0.315. The number of benzene rings is 2.